The summed E-state index contributed by atoms with van der Waals surface area (Å²) >= 11 is 6.21. The Labute approximate surface area is 190 Å². The zero-order valence-corrected chi connectivity index (χ0v) is 18.0. The molecule has 0 radical (unpaired) electrons. The number of rotatable bonds is 5. The molecule has 32 heavy (non-hydrogen) atoms. The van der Waals surface area contributed by atoms with E-state index in [2.05, 4.69) is 16.4 Å². The first-order valence-corrected chi connectivity index (χ1v) is 11.2. The lowest BCUT2D eigenvalue weighted by molar-refractivity contribution is -0.135. The minimum atomic E-state index is -0.718. The van der Waals surface area contributed by atoms with Crippen LogP contribution in [0.15, 0.2) is 66.9 Å². The number of halogens is 1. The van der Waals surface area contributed by atoms with Crippen LogP contribution in [-0.4, -0.2) is 46.5 Å². The topological polar surface area (TPSA) is 74.4 Å². The Hall–Kier alpha value is -3.09. The summed E-state index contributed by atoms with van der Waals surface area (Å²) < 4.78 is 6.22. The van der Waals surface area contributed by atoms with Crippen molar-refractivity contribution in [3.8, 4) is 0 Å². The maximum absolute atomic E-state index is 13.4. The second-order valence-electron chi connectivity index (χ2n) is 8.74. The van der Waals surface area contributed by atoms with E-state index in [1.807, 2.05) is 53.6 Å². The number of H-pyrrole nitrogens is 1. The largest absolute Gasteiger partial charge is 0.361 e. The van der Waals surface area contributed by atoms with Crippen LogP contribution in [0.1, 0.15) is 5.56 Å². The second kappa shape index (κ2) is 7.22. The first-order valence-electron chi connectivity index (χ1n) is 10.8. The second-order valence-corrected chi connectivity index (χ2v) is 9.15. The van der Waals surface area contributed by atoms with E-state index >= 15 is 0 Å². The zero-order valence-electron chi connectivity index (χ0n) is 17.3. The van der Waals surface area contributed by atoms with Crippen molar-refractivity contribution >= 4 is 40.0 Å². The third kappa shape index (κ3) is 2.90. The van der Waals surface area contributed by atoms with Gasteiger partial charge in [0.05, 0.1) is 35.2 Å². The number of nitrogens with zero attached hydrogens (tertiary/aromatic N) is 1. The zero-order chi connectivity index (χ0) is 21.9. The van der Waals surface area contributed by atoms with Gasteiger partial charge in [-0.05, 0) is 30.2 Å². The first kappa shape index (κ1) is 19.6. The molecule has 2 saturated heterocycles. The van der Waals surface area contributed by atoms with Crippen molar-refractivity contribution in [2.24, 2.45) is 11.8 Å². The summed E-state index contributed by atoms with van der Waals surface area (Å²) in [6.45, 7) is 1.06. The molecule has 0 aliphatic carbocycles. The van der Waals surface area contributed by atoms with Crippen LogP contribution in [0.2, 0.25) is 5.02 Å². The summed E-state index contributed by atoms with van der Waals surface area (Å²) in [5.41, 5.74) is 2.09. The summed E-state index contributed by atoms with van der Waals surface area (Å²) in [6, 6.07) is 15.2. The van der Waals surface area contributed by atoms with E-state index in [9.17, 15) is 9.59 Å². The molecule has 162 valence electrons. The van der Waals surface area contributed by atoms with Gasteiger partial charge in [-0.15, -0.1) is 0 Å². The van der Waals surface area contributed by atoms with E-state index in [-0.39, 0.29) is 17.9 Å². The summed E-state index contributed by atoms with van der Waals surface area (Å²) in [5.74, 6) is -1.33. The van der Waals surface area contributed by atoms with Crippen LogP contribution in [0.25, 0.3) is 10.9 Å². The van der Waals surface area contributed by atoms with Gasteiger partial charge in [0.25, 0.3) is 0 Å². The quantitative estimate of drug-likeness (QED) is 0.584. The lowest BCUT2D eigenvalue weighted by Gasteiger charge is -2.23. The van der Waals surface area contributed by atoms with Crippen molar-refractivity contribution in [1.29, 1.82) is 0 Å². The molecule has 2 N–H and O–H groups in total. The normalized spacial score (nSPS) is 28.0. The Bertz CT molecular complexity index is 1270. The molecule has 0 saturated carbocycles. The van der Waals surface area contributed by atoms with Crippen LogP contribution >= 0.6 is 11.6 Å². The molecule has 1 spiro atoms. The van der Waals surface area contributed by atoms with E-state index in [1.165, 1.54) is 10.9 Å². The minimum absolute atomic E-state index is 0.0176. The minimum Gasteiger partial charge on any atom is -0.361 e. The lowest BCUT2D eigenvalue weighted by Crippen LogP contribution is -2.41. The van der Waals surface area contributed by atoms with Gasteiger partial charge in [-0.1, -0.05) is 54.1 Å². The van der Waals surface area contributed by atoms with Crippen molar-refractivity contribution in [1.82, 2.24) is 9.88 Å². The van der Waals surface area contributed by atoms with Gasteiger partial charge in [0.2, 0.25) is 11.8 Å². The maximum Gasteiger partial charge on any atom is 0.231 e. The number of carbonyl (C=O) groups is 2. The number of ether oxygens (including phenoxy) is 1. The van der Waals surface area contributed by atoms with Crippen LogP contribution in [0.3, 0.4) is 0 Å². The van der Waals surface area contributed by atoms with E-state index in [1.54, 1.807) is 12.1 Å². The molecule has 0 unspecified atom stereocenters. The highest BCUT2D eigenvalue weighted by Gasteiger charge is 2.66. The van der Waals surface area contributed by atoms with Gasteiger partial charge in [0, 0.05) is 23.6 Å². The number of carbonyl (C=O) groups excluding carboxylic acids is 2. The number of anilines is 1. The molecule has 3 aliphatic heterocycles. The van der Waals surface area contributed by atoms with Crippen LogP contribution in [-0.2, 0) is 20.7 Å². The number of hydrogen-bond donors (Lipinski definition) is 2. The Morgan fingerprint density at radius 2 is 2.03 bits per heavy atom. The molecule has 3 aromatic rings. The van der Waals surface area contributed by atoms with E-state index in [0.29, 0.717) is 23.8 Å². The smallest absolute Gasteiger partial charge is 0.231 e. The number of nitrogens with one attached hydrogen (secondary N) is 2. The third-order valence-corrected chi connectivity index (χ3v) is 7.27. The van der Waals surface area contributed by atoms with Crippen molar-refractivity contribution in [3.63, 3.8) is 0 Å². The monoisotopic (exact) mass is 447 g/mol. The highest BCUT2D eigenvalue weighted by molar-refractivity contribution is 6.33. The van der Waals surface area contributed by atoms with Gasteiger partial charge >= 0.3 is 0 Å². The molecular weight excluding hydrogens is 426 g/mol. The molecule has 3 aliphatic rings. The molecule has 6 nitrogen and oxygen atoms in total. The molecule has 2 aromatic carbocycles. The summed E-state index contributed by atoms with van der Waals surface area (Å²) in [5, 5.41) is 4.54. The van der Waals surface area contributed by atoms with Gasteiger partial charge in [-0.2, -0.15) is 0 Å². The molecular formula is C25H22ClN3O3. The van der Waals surface area contributed by atoms with E-state index in [4.69, 9.17) is 16.3 Å². The fourth-order valence-corrected chi connectivity index (χ4v) is 5.62. The average Bonchev–Trinajstić information content (AvgIpc) is 3.54. The molecule has 6 rings (SSSR count). The van der Waals surface area contributed by atoms with E-state index < -0.39 is 17.4 Å². The Morgan fingerprint density at radius 3 is 2.91 bits per heavy atom. The van der Waals surface area contributed by atoms with Gasteiger partial charge in [-0.3, -0.25) is 9.59 Å². The average molecular weight is 448 g/mol. The highest BCUT2D eigenvalue weighted by Crippen LogP contribution is 2.52. The molecule has 7 heteroatoms. The van der Waals surface area contributed by atoms with Gasteiger partial charge in [0.1, 0.15) is 5.60 Å². The van der Waals surface area contributed by atoms with Crippen molar-refractivity contribution in [2.45, 2.75) is 18.1 Å². The number of fused-ring (bicyclic) bond motifs is 2. The summed E-state index contributed by atoms with van der Waals surface area (Å²) in [4.78, 5) is 31.7. The van der Waals surface area contributed by atoms with Crippen LogP contribution in [0.5, 0.6) is 0 Å². The number of aromatic amines is 1. The number of likely N-dealkylation sites (tertiary alicyclic amines) is 1. The molecule has 4 atom stereocenters. The maximum atomic E-state index is 13.4. The molecule has 4 heterocycles. The van der Waals surface area contributed by atoms with Crippen molar-refractivity contribution in [3.05, 3.63) is 77.5 Å². The van der Waals surface area contributed by atoms with Crippen molar-refractivity contribution < 1.29 is 14.3 Å². The molecule has 2 amide bonds. The van der Waals surface area contributed by atoms with Gasteiger partial charge in [0.15, 0.2) is 0 Å². The predicted molar refractivity (Wildman–Crippen MR) is 122 cm³/mol. The highest BCUT2D eigenvalue weighted by atomic mass is 35.5. The van der Waals surface area contributed by atoms with Gasteiger partial charge in [-0.25, -0.2) is 0 Å². The van der Waals surface area contributed by atoms with Crippen molar-refractivity contribution in [2.75, 3.05) is 18.4 Å². The Morgan fingerprint density at radius 1 is 1.22 bits per heavy atom. The fourth-order valence-electron chi connectivity index (χ4n) is 5.44. The van der Waals surface area contributed by atoms with Crippen LogP contribution in [0, 0.1) is 11.8 Å². The number of hydrogen-bond acceptors (Lipinski definition) is 3. The van der Waals surface area contributed by atoms with Gasteiger partial charge < -0.3 is 19.9 Å². The number of para-hydroxylation sites is 2. The summed E-state index contributed by atoms with van der Waals surface area (Å²) in [7, 11) is 0. The Balaban J connectivity index is 1.21. The number of amides is 2. The fraction of sp³-hybridized carbons (Fsp3) is 0.280. The summed E-state index contributed by atoms with van der Waals surface area (Å²) in [6.07, 6.45) is 6.26. The Kier molecular flexibility index (Phi) is 4.42. The molecule has 1 aromatic heterocycles. The van der Waals surface area contributed by atoms with Crippen LogP contribution in [0.4, 0.5) is 5.69 Å². The van der Waals surface area contributed by atoms with Crippen LogP contribution < -0.4 is 5.32 Å². The lowest BCUT2D eigenvalue weighted by atomic mass is 9.77. The number of benzene rings is 2. The standard InChI is InChI=1S/C25H22ClN3O3/c26-17-6-2-4-8-19(17)28-23(30)21-20-9-11-25(32-20)14-29(24(31)22(21)25)12-10-15-13-27-18-7-3-1-5-16(15)18/h1-9,11,13,20-22,27H,10,12,14H2,(H,28,30)/t20-,21+,22+,25-/m1/s1. The van der Waals surface area contributed by atoms with E-state index in [0.717, 1.165) is 11.9 Å². The molecule has 2 bridgehead atoms. The predicted octanol–water partition coefficient (Wildman–Crippen LogP) is 3.78. The SMILES string of the molecule is O=C(Nc1ccccc1Cl)[C@@H]1[C@H]2C(=O)N(CCc3c[nH]c4ccccc34)C[C@]23C=C[C@H]1O3. The number of aromatic nitrogens is 1. The molecule has 2 fully saturated rings. The first-order chi connectivity index (χ1) is 15.6. The third-order valence-electron chi connectivity index (χ3n) is 6.94.